The summed E-state index contributed by atoms with van der Waals surface area (Å²) in [6, 6.07) is 9.77. The van der Waals surface area contributed by atoms with Crippen molar-refractivity contribution in [1.29, 1.82) is 0 Å². The molecule has 1 amide bonds. The summed E-state index contributed by atoms with van der Waals surface area (Å²) in [6.07, 6.45) is 5.35. The van der Waals surface area contributed by atoms with Crippen LogP contribution >= 0.6 is 11.3 Å². The number of amides is 1. The van der Waals surface area contributed by atoms with Crippen LogP contribution in [0.3, 0.4) is 0 Å². The van der Waals surface area contributed by atoms with Gasteiger partial charge in [-0.1, -0.05) is 41.7 Å². The Bertz CT molecular complexity index is 835. The minimum Gasteiger partial charge on any atom is -0.349 e. The molecule has 0 saturated carbocycles. The zero-order valence-corrected chi connectivity index (χ0v) is 15.0. The average molecular weight is 355 g/mol. The van der Waals surface area contributed by atoms with E-state index in [2.05, 4.69) is 15.4 Å². The number of rotatable bonds is 4. The van der Waals surface area contributed by atoms with Crippen LogP contribution in [-0.2, 0) is 4.79 Å². The molecule has 1 atom stereocenters. The van der Waals surface area contributed by atoms with E-state index in [0.717, 1.165) is 47.3 Å². The van der Waals surface area contributed by atoms with Gasteiger partial charge in [0.2, 0.25) is 16.0 Å². The van der Waals surface area contributed by atoms with E-state index in [9.17, 15) is 4.79 Å². The Balaban J connectivity index is 1.47. The number of likely N-dealkylation sites (tertiary alicyclic amines) is 1. The molecule has 1 N–H and O–H groups in total. The van der Waals surface area contributed by atoms with Crippen molar-refractivity contribution in [2.24, 2.45) is 0 Å². The van der Waals surface area contributed by atoms with Gasteiger partial charge in [-0.05, 0) is 26.2 Å². The monoisotopic (exact) mass is 355 g/mol. The number of carbonyl (C=O) groups excluding carboxylic acids is 1. The van der Waals surface area contributed by atoms with Crippen molar-refractivity contribution in [2.45, 2.75) is 32.2 Å². The molecular weight excluding hydrogens is 334 g/mol. The average Bonchev–Trinajstić information content (AvgIpc) is 3.21. The summed E-state index contributed by atoms with van der Waals surface area (Å²) < 4.78 is 1.77. The zero-order chi connectivity index (χ0) is 17.2. The van der Waals surface area contributed by atoms with Gasteiger partial charge < -0.3 is 10.2 Å². The number of nitrogens with zero attached hydrogens (tertiary/aromatic N) is 4. The third-order valence-electron chi connectivity index (χ3n) is 4.49. The van der Waals surface area contributed by atoms with Gasteiger partial charge in [-0.2, -0.15) is 0 Å². The Hall–Kier alpha value is -2.41. The third kappa shape index (κ3) is 3.37. The van der Waals surface area contributed by atoms with E-state index >= 15 is 0 Å². The van der Waals surface area contributed by atoms with Gasteiger partial charge in [0.05, 0.1) is 11.9 Å². The fraction of sp³-hybridized carbons (Fsp3) is 0.389. The van der Waals surface area contributed by atoms with Crippen molar-refractivity contribution >= 4 is 27.3 Å². The number of piperidine rings is 1. The van der Waals surface area contributed by atoms with Crippen LogP contribution < -0.4 is 5.32 Å². The number of benzene rings is 1. The topological polar surface area (TPSA) is 62.5 Å². The van der Waals surface area contributed by atoms with Crippen molar-refractivity contribution in [1.82, 2.24) is 19.5 Å². The maximum atomic E-state index is 12.5. The lowest BCUT2D eigenvalue weighted by Crippen LogP contribution is -2.43. The maximum Gasteiger partial charge on any atom is 0.244 e. The lowest BCUT2D eigenvalue weighted by atomic mass is 10.1. The molecule has 4 rings (SSSR count). The first kappa shape index (κ1) is 16.1. The number of carbonyl (C=O) groups is 1. The molecule has 130 valence electrons. The minimum absolute atomic E-state index is 0.150. The molecule has 1 aliphatic rings. The second-order valence-corrected chi connectivity index (χ2v) is 7.33. The zero-order valence-electron chi connectivity index (χ0n) is 14.2. The normalized spacial score (nSPS) is 16.1. The highest BCUT2D eigenvalue weighted by molar-refractivity contribution is 7.20. The van der Waals surface area contributed by atoms with Crippen LogP contribution in [0.1, 0.15) is 26.2 Å². The first-order chi connectivity index (χ1) is 12.2. The highest BCUT2D eigenvalue weighted by Crippen LogP contribution is 2.25. The van der Waals surface area contributed by atoms with Crippen molar-refractivity contribution < 1.29 is 4.79 Å². The van der Waals surface area contributed by atoms with E-state index in [0.29, 0.717) is 0 Å². The summed E-state index contributed by atoms with van der Waals surface area (Å²) in [5.41, 5.74) is 1.98. The number of aromatic nitrogens is 3. The number of nitrogens with one attached hydrogen (secondary N) is 1. The Morgan fingerprint density at radius 2 is 1.96 bits per heavy atom. The molecule has 1 fully saturated rings. The van der Waals surface area contributed by atoms with Crippen molar-refractivity contribution in [3.63, 3.8) is 0 Å². The van der Waals surface area contributed by atoms with Gasteiger partial charge in [0, 0.05) is 18.7 Å². The molecule has 3 aromatic rings. The summed E-state index contributed by atoms with van der Waals surface area (Å²) in [7, 11) is 0. The molecule has 0 radical (unpaired) electrons. The largest absolute Gasteiger partial charge is 0.349 e. The van der Waals surface area contributed by atoms with Crippen LogP contribution in [0, 0.1) is 0 Å². The lowest BCUT2D eigenvalue weighted by molar-refractivity contribution is -0.132. The summed E-state index contributed by atoms with van der Waals surface area (Å²) in [4.78, 5) is 19.9. The number of hydrogen-bond acceptors (Lipinski definition) is 5. The molecular formula is C18H21N5OS. The fourth-order valence-corrected chi connectivity index (χ4v) is 4.01. The Labute approximate surface area is 150 Å². The van der Waals surface area contributed by atoms with E-state index in [-0.39, 0.29) is 11.9 Å². The first-order valence-corrected chi connectivity index (χ1v) is 9.49. The van der Waals surface area contributed by atoms with Gasteiger partial charge in [0.1, 0.15) is 6.04 Å². The molecule has 6 nitrogen and oxygen atoms in total. The smallest absolute Gasteiger partial charge is 0.244 e. The SMILES string of the molecule is C[C@H](Nc1nn2cc(-c3ccccc3)nc2s1)C(=O)N1CCCCC1. The van der Waals surface area contributed by atoms with E-state index in [1.165, 1.54) is 17.8 Å². The summed E-state index contributed by atoms with van der Waals surface area (Å²) in [5.74, 6) is 0.150. The maximum absolute atomic E-state index is 12.5. The highest BCUT2D eigenvalue weighted by Gasteiger charge is 2.23. The van der Waals surface area contributed by atoms with E-state index in [1.807, 2.05) is 48.4 Å². The van der Waals surface area contributed by atoms with Gasteiger partial charge in [0.25, 0.3) is 0 Å². The number of hydrogen-bond donors (Lipinski definition) is 1. The molecule has 7 heteroatoms. The molecule has 1 aliphatic heterocycles. The molecule has 0 aliphatic carbocycles. The second kappa shape index (κ2) is 6.84. The van der Waals surface area contributed by atoms with Crippen molar-refractivity contribution in [3.05, 3.63) is 36.5 Å². The van der Waals surface area contributed by atoms with Crippen molar-refractivity contribution in [3.8, 4) is 11.3 Å². The van der Waals surface area contributed by atoms with E-state index in [4.69, 9.17) is 0 Å². The quantitative estimate of drug-likeness (QED) is 0.780. The number of fused-ring (bicyclic) bond motifs is 1. The molecule has 0 bridgehead atoms. The van der Waals surface area contributed by atoms with Gasteiger partial charge in [-0.25, -0.2) is 9.50 Å². The fourth-order valence-electron chi connectivity index (χ4n) is 3.14. The van der Waals surface area contributed by atoms with Crippen LogP contribution in [0.15, 0.2) is 36.5 Å². The molecule has 3 heterocycles. The Morgan fingerprint density at radius 3 is 2.68 bits per heavy atom. The van der Waals surface area contributed by atoms with Crippen LogP contribution in [-0.4, -0.2) is 44.5 Å². The summed E-state index contributed by atoms with van der Waals surface area (Å²) >= 11 is 1.46. The van der Waals surface area contributed by atoms with E-state index in [1.54, 1.807) is 4.52 Å². The predicted molar refractivity (Wildman–Crippen MR) is 99.8 cm³/mol. The van der Waals surface area contributed by atoms with Crippen LogP contribution in [0.5, 0.6) is 0 Å². The summed E-state index contributed by atoms with van der Waals surface area (Å²) in [5, 5.41) is 8.47. The first-order valence-electron chi connectivity index (χ1n) is 8.68. The Morgan fingerprint density at radius 1 is 1.20 bits per heavy atom. The van der Waals surface area contributed by atoms with E-state index < -0.39 is 0 Å². The van der Waals surface area contributed by atoms with Crippen LogP contribution in [0.2, 0.25) is 0 Å². The standard InChI is InChI=1S/C18H21N5OS/c1-13(16(24)22-10-6-3-7-11-22)19-17-21-23-12-15(20-18(23)25-17)14-8-4-2-5-9-14/h2,4-5,8-9,12-13H,3,6-7,10-11H2,1H3,(H,19,21)/t13-/m0/s1. The molecule has 1 saturated heterocycles. The second-order valence-electron chi connectivity index (χ2n) is 6.38. The lowest BCUT2D eigenvalue weighted by Gasteiger charge is -2.29. The van der Waals surface area contributed by atoms with Gasteiger partial charge in [-0.3, -0.25) is 4.79 Å². The molecule has 2 aromatic heterocycles. The number of imidazole rings is 1. The van der Waals surface area contributed by atoms with Gasteiger partial charge in [0.15, 0.2) is 0 Å². The summed E-state index contributed by atoms with van der Waals surface area (Å²) in [6.45, 7) is 3.63. The molecule has 0 unspecified atom stereocenters. The molecule has 25 heavy (non-hydrogen) atoms. The van der Waals surface area contributed by atoms with Crippen LogP contribution in [0.4, 0.5) is 5.13 Å². The minimum atomic E-state index is -0.275. The number of anilines is 1. The van der Waals surface area contributed by atoms with Crippen LogP contribution in [0.25, 0.3) is 16.2 Å². The molecule has 1 aromatic carbocycles. The predicted octanol–water partition coefficient (Wildman–Crippen LogP) is 3.27. The third-order valence-corrected chi connectivity index (χ3v) is 5.34. The van der Waals surface area contributed by atoms with Crippen molar-refractivity contribution in [2.75, 3.05) is 18.4 Å². The van der Waals surface area contributed by atoms with Gasteiger partial charge in [-0.15, -0.1) is 5.10 Å². The van der Waals surface area contributed by atoms with Gasteiger partial charge >= 0.3 is 0 Å². The molecule has 0 spiro atoms. The Kier molecular flexibility index (Phi) is 4.40. The highest BCUT2D eigenvalue weighted by atomic mass is 32.1.